The molecule has 1 atom stereocenters. The van der Waals surface area contributed by atoms with E-state index in [9.17, 15) is 0 Å². The summed E-state index contributed by atoms with van der Waals surface area (Å²) in [5, 5.41) is 10.1. The summed E-state index contributed by atoms with van der Waals surface area (Å²) < 4.78 is 2.13. The third kappa shape index (κ3) is 3.08. The smallest absolute Gasteiger partial charge is 0.0586 e. The number of hydrogen-bond donors (Lipinski definition) is 2. The number of para-hydroxylation sites is 1. The van der Waals surface area contributed by atoms with E-state index in [0.29, 0.717) is 6.42 Å². The molecule has 3 nitrogen and oxygen atoms in total. The Balaban J connectivity index is 0.000000686. The van der Waals surface area contributed by atoms with Crippen LogP contribution in [0.3, 0.4) is 0 Å². The molecule has 17 heavy (non-hydrogen) atoms. The highest BCUT2D eigenvalue weighted by Crippen LogP contribution is 2.18. The van der Waals surface area contributed by atoms with Crippen LogP contribution in [-0.4, -0.2) is 22.3 Å². The molecule has 3 heteroatoms. The fourth-order valence-corrected chi connectivity index (χ4v) is 1.88. The number of nitrogens with two attached hydrogens (primary N) is 1. The van der Waals surface area contributed by atoms with Gasteiger partial charge in [0, 0.05) is 30.7 Å². The zero-order chi connectivity index (χ0) is 12.8. The standard InChI is InChI=1S/C12H16N2O.C2H6/c1-14-11(7-10(13)8-15)6-9-4-2-3-5-12(9)14;1-2/h2-6,10,15H,7-8,13H2,1H3;1-2H3. The number of aryl methyl sites for hydroxylation is 1. The Bertz CT molecular complexity index is 462. The van der Waals surface area contributed by atoms with Crippen LogP contribution < -0.4 is 5.73 Å². The topological polar surface area (TPSA) is 51.2 Å². The average molecular weight is 234 g/mol. The molecule has 0 aliphatic heterocycles. The maximum atomic E-state index is 8.93. The highest BCUT2D eigenvalue weighted by Gasteiger charge is 2.08. The van der Waals surface area contributed by atoms with Gasteiger partial charge in [0.2, 0.25) is 0 Å². The van der Waals surface area contributed by atoms with Crippen LogP contribution in [0.2, 0.25) is 0 Å². The average Bonchev–Trinajstić information content (AvgIpc) is 2.69. The molecule has 1 aromatic carbocycles. The van der Waals surface area contributed by atoms with Crippen molar-refractivity contribution in [2.75, 3.05) is 6.61 Å². The van der Waals surface area contributed by atoms with Gasteiger partial charge < -0.3 is 15.4 Å². The Morgan fingerprint density at radius 1 is 1.29 bits per heavy atom. The molecule has 0 fully saturated rings. The summed E-state index contributed by atoms with van der Waals surface area (Å²) in [6, 6.07) is 10.2. The molecule has 0 bridgehead atoms. The summed E-state index contributed by atoms with van der Waals surface area (Å²) in [5.41, 5.74) is 8.10. The first-order chi connectivity index (χ1) is 8.22. The van der Waals surface area contributed by atoms with Crippen molar-refractivity contribution < 1.29 is 5.11 Å². The van der Waals surface area contributed by atoms with Crippen LogP contribution in [0.4, 0.5) is 0 Å². The van der Waals surface area contributed by atoms with E-state index in [1.165, 1.54) is 10.9 Å². The number of nitrogens with zero attached hydrogens (tertiary/aromatic N) is 1. The minimum Gasteiger partial charge on any atom is -0.395 e. The number of aliphatic hydroxyl groups excluding tert-OH is 1. The van der Waals surface area contributed by atoms with Gasteiger partial charge in [0.1, 0.15) is 0 Å². The molecule has 1 aromatic heterocycles. The van der Waals surface area contributed by atoms with Gasteiger partial charge >= 0.3 is 0 Å². The second kappa shape index (κ2) is 6.42. The quantitative estimate of drug-likeness (QED) is 0.854. The van der Waals surface area contributed by atoms with Crippen LogP contribution in [0.15, 0.2) is 30.3 Å². The van der Waals surface area contributed by atoms with Gasteiger partial charge in [-0.3, -0.25) is 0 Å². The number of benzene rings is 1. The fraction of sp³-hybridized carbons (Fsp3) is 0.429. The molecule has 3 N–H and O–H groups in total. The molecule has 0 saturated carbocycles. The van der Waals surface area contributed by atoms with Crippen LogP contribution in [0.5, 0.6) is 0 Å². The lowest BCUT2D eigenvalue weighted by molar-refractivity contribution is 0.264. The first-order valence-corrected chi connectivity index (χ1v) is 6.12. The zero-order valence-electron chi connectivity index (χ0n) is 10.9. The predicted molar refractivity (Wildman–Crippen MR) is 73.0 cm³/mol. The van der Waals surface area contributed by atoms with Crippen LogP contribution in [0.1, 0.15) is 19.5 Å². The molecule has 0 aliphatic carbocycles. The molecule has 0 saturated heterocycles. The van der Waals surface area contributed by atoms with E-state index in [4.69, 9.17) is 10.8 Å². The summed E-state index contributed by atoms with van der Waals surface area (Å²) in [6.45, 7) is 4.03. The number of hydrogen-bond acceptors (Lipinski definition) is 2. The molecule has 0 spiro atoms. The van der Waals surface area contributed by atoms with Crippen molar-refractivity contribution in [2.45, 2.75) is 26.3 Å². The predicted octanol–water partition coefficient (Wildman–Crippen LogP) is 2.07. The van der Waals surface area contributed by atoms with Crippen molar-refractivity contribution in [3.63, 3.8) is 0 Å². The maximum absolute atomic E-state index is 8.93. The minimum absolute atomic E-state index is 0.0293. The van der Waals surface area contributed by atoms with E-state index in [1.807, 2.05) is 33.0 Å². The fourth-order valence-electron chi connectivity index (χ4n) is 1.88. The van der Waals surface area contributed by atoms with E-state index >= 15 is 0 Å². The molecular weight excluding hydrogens is 212 g/mol. The van der Waals surface area contributed by atoms with Crippen molar-refractivity contribution in [1.29, 1.82) is 0 Å². The van der Waals surface area contributed by atoms with Gasteiger partial charge in [-0.25, -0.2) is 0 Å². The Labute approximate surface area is 103 Å². The van der Waals surface area contributed by atoms with E-state index in [1.54, 1.807) is 0 Å². The Kier molecular flexibility index (Phi) is 5.19. The summed E-state index contributed by atoms with van der Waals surface area (Å²) in [6.07, 6.45) is 0.710. The number of rotatable bonds is 3. The minimum atomic E-state index is -0.173. The zero-order valence-corrected chi connectivity index (χ0v) is 10.9. The second-order valence-corrected chi connectivity index (χ2v) is 3.90. The first kappa shape index (κ1) is 13.7. The van der Waals surface area contributed by atoms with Crippen LogP contribution >= 0.6 is 0 Å². The highest BCUT2D eigenvalue weighted by molar-refractivity contribution is 5.81. The van der Waals surface area contributed by atoms with Crippen molar-refractivity contribution >= 4 is 10.9 Å². The van der Waals surface area contributed by atoms with E-state index in [2.05, 4.69) is 22.8 Å². The molecule has 1 heterocycles. The van der Waals surface area contributed by atoms with E-state index in [-0.39, 0.29) is 12.6 Å². The molecule has 2 aromatic rings. The normalized spacial score (nSPS) is 12.1. The molecular formula is C14H22N2O. The molecule has 0 aliphatic rings. The summed E-state index contributed by atoms with van der Waals surface area (Å²) in [7, 11) is 2.03. The highest BCUT2D eigenvalue weighted by atomic mass is 16.3. The summed E-state index contributed by atoms with van der Waals surface area (Å²) >= 11 is 0. The third-order valence-corrected chi connectivity index (χ3v) is 2.76. The van der Waals surface area contributed by atoms with Crippen LogP contribution in [0, 0.1) is 0 Å². The van der Waals surface area contributed by atoms with Gasteiger partial charge in [-0.2, -0.15) is 0 Å². The Morgan fingerprint density at radius 3 is 2.53 bits per heavy atom. The van der Waals surface area contributed by atoms with Crippen molar-refractivity contribution in [2.24, 2.45) is 12.8 Å². The van der Waals surface area contributed by atoms with E-state index in [0.717, 1.165) is 5.69 Å². The van der Waals surface area contributed by atoms with Crippen molar-refractivity contribution in [3.8, 4) is 0 Å². The van der Waals surface area contributed by atoms with Gasteiger partial charge in [-0.1, -0.05) is 32.0 Å². The first-order valence-electron chi connectivity index (χ1n) is 6.12. The molecule has 1 unspecified atom stereocenters. The van der Waals surface area contributed by atoms with Gasteiger partial charge in [-0.15, -0.1) is 0 Å². The lowest BCUT2D eigenvalue weighted by atomic mass is 10.2. The van der Waals surface area contributed by atoms with Gasteiger partial charge in [-0.05, 0) is 17.5 Å². The van der Waals surface area contributed by atoms with Gasteiger partial charge in [0.05, 0.1) is 6.61 Å². The van der Waals surface area contributed by atoms with Crippen molar-refractivity contribution in [3.05, 3.63) is 36.0 Å². The van der Waals surface area contributed by atoms with Crippen LogP contribution in [0.25, 0.3) is 10.9 Å². The SMILES string of the molecule is CC.Cn1c(CC(N)CO)cc2ccccc21. The second-order valence-electron chi connectivity index (χ2n) is 3.90. The van der Waals surface area contributed by atoms with E-state index < -0.39 is 0 Å². The maximum Gasteiger partial charge on any atom is 0.0586 e. The monoisotopic (exact) mass is 234 g/mol. The van der Waals surface area contributed by atoms with Crippen LogP contribution in [-0.2, 0) is 13.5 Å². The number of fused-ring (bicyclic) bond motifs is 1. The number of aliphatic hydroxyl groups is 1. The van der Waals surface area contributed by atoms with Crippen molar-refractivity contribution in [1.82, 2.24) is 4.57 Å². The summed E-state index contributed by atoms with van der Waals surface area (Å²) in [5.74, 6) is 0. The molecule has 2 rings (SSSR count). The Hall–Kier alpha value is -1.32. The molecule has 0 amide bonds. The van der Waals surface area contributed by atoms with Gasteiger partial charge in [0.25, 0.3) is 0 Å². The van der Waals surface area contributed by atoms with Gasteiger partial charge in [0.15, 0.2) is 0 Å². The molecule has 0 radical (unpaired) electrons. The number of aromatic nitrogens is 1. The lowest BCUT2D eigenvalue weighted by Crippen LogP contribution is -2.27. The largest absolute Gasteiger partial charge is 0.395 e. The Morgan fingerprint density at radius 2 is 1.94 bits per heavy atom. The molecule has 94 valence electrons. The summed E-state index contributed by atoms with van der Waals surface area (Å²) in [4.78, 5) is 0. The third-order valence-electron chi connectivity index (χ3n) is 2.76. The lowest BCUT2D eigenvalue weighted by Gasteiger charge is -2.08.